The van der Waals surface area contributed by atoms with E-state index in [1.54, 1.807) is 6.08 Å². The van der Waals surface area contributed by atoms with Crippen molar-refractivity contribution in [1.29, 1.82) is 0 Å². The summed E-state index contributed by atoms with van der Waals surface area (Å²) in [6.07, 6.45) is 4.57. The molecule has 0 bridgehead atoms. The Kier molecular flexibility index (Phi) is 6.36. The standard InChI is InChI=1S/C23H30N2O/c1-8-15-26-22-21(23(5,6)7)24-20(19(25-22)16(4)9-2)18-13-11-17(10-3)12-14-18/h8,10-14,16H,1,3,9,15H2,2,4-7H3. The van der Waals surface area contributed by atoms with Crippen LogP contribution < -0.4 is 4.74 Å². The molecule has 1 heterocycles. The molecule has 2 rings (SSSR count). The lowest BCUT2D eigenvalue weighted by Gasteiger charge is -2.24. The molecule has 0 amide bonds. The van der Waals surface area contributed by atoms with Crippen LogP contribution in [0.15, 0.2) is 43.5 Å². The Hall–Kier alpha value is -2.42. The summed E-state index contributed by atoms with van der Waals surface area (Å²) in [5, 5.41) is 0. The molecule has 0 spiro atoms. The van der Waals surface area contributed by atoms with Crippen molar-refractivity contribution in [3.05, 3.63) is 60.5 Å². The molecule has 26 heavy (non-hydrogen) atoms. The molecule has 0 fully saturated rings. The molecule has 138 valence electrons. The molecule has 0 saturated heterocycles. The molecule has 1 aromatic carbocycles. The summed E-state index contributed by atoms with van der Waals surface area (Å²) in [6, 6.07) is 8.29. The average molecular weight is 351 g/mol. The van der Waals surface area contributed by atoms with E-state index in [4.69, 9.17) is 14.7 Å². The lowest BCUT2D eigenvalue weighted by molar-refractivity contribution is 0.330. The van der Waals surface area contributed by atoms with Crippen molar-refractivity contribution in [2.45, 2.75) is 52.4 Å². The number of nitrogens with zero attached hydrogens (tertiary/aromatic N) is 2. The van der Waals surface area contributed by atoms with Gasteiger partial charge in [0.15, 0.2) is 0 Å². The third-order valence-electron chi connectivity index (χ3n) is 4.44. The van der Waals surface area contributed by atoms with E-state index in [2.05, 4.69) is 72.0 Å². The van der Waals surface area contributed by atoms with Crippen LogP contribution in [-0.4, -0.2) is 16.6 Å². The van der Waals surface area contributed by atoms with E-state index in [0.29, 0.717) is 12.5 Å². The van der Waals surface area contributed by atoms with Gasteiger partial charge in [0.2, 0.25) is 5.88 Å². The van der Waals surface area contributed by atoms with E-state index in [0.717, 1.165) is 34.6 Å². The van der Waals surface area contributed by atoms with E-state index >= 15 is 0 Å². The van der Waals surface area contributed by atoms with E-state index in [9.17, 15) is 0 Å². The van der Waals surface area contributed by atoms with Crippen molar-refractivity contribution in [2.75, 3.05) is 6.61 Å². The van der Waals surface area contributed by atoms with Crippen molar-refractivity contribution in [1.82, 2.24) is 9.97 Å². The summed E-state index contributed by atoms with van der Waals surface area (Å²) >= 11 is 0. The van der Waals surface area contributed by atoms with E-state index < -0.39 is 0 Å². The van der Waals surface area contributed by atoms with E-state index in [1.807, 2.05) is 6.08 Å². The molecular weight excluding hydrogens is 320 g/mol. The molecule has 0 aliphatic heterocycles. The number of ether oxygens (including phenoxy) is 1. The van der Waals surface area contributed by atoms with Crippen LogP contribution in [0, 0.1) is 0 Å². The van der Waals surface area contributed by atoms with Gasteiger partial charge in [-0.05, 0) is 12.0 Å². The van der Waals surface area contributed by atoms with E-state index in [1.165, 1.54) is 0 Å². The van der Waals surface area contributed by atoms with Crippen LogP contribution >= 0.6 is 0 Å². The first-order valence-corrected chi connectivity index (χ1v) is 9.20. The Morgan fingerprint density at radius 3 is 2.27 bits per heavy atom. The summed E-state index contributed by atoms with van der Waals surface area (Å²) in [4.78, 5) is 9.96. The second-order valence-corrected chi connectivity index (χ2v) is 7.60. The zero-order valence-electron chi connectivity index (χ0n) is 16.7. The van der Waals surface area contributed by atoms with Crippen molar-refractivity contribution in [3.8, 4) is 17.1 Å². The molecule has 2 aromatic rings. The molecule has 3 nitrogen and oxygen atoms in total. The summed E-state index contributed by atoms with van der Waals surface area (Å²) < 4.78 is 5.87. The Bertz CT molecular complexity index is 770. The minimum Gasteiger partial charge on any atom is -0.472 e. The molecule has 0 aliphatic carbocycles. The van der Waals surface area contributed by atoms with Gasteiger partial charge in [0, 0.05) is 16.9 Å². The van der Waals surface area contributed by atoms with Gasteiger partial charge < -0.3 is 4.74 Å². The first kappa shape index (κ1) is 19.9. The fourth-order valence-corrected chi connectivity index (χ4v) is 2.69. The zero-order chi connectivity index (χ0) is 19.3. The van der Waals surface area contributed by atoms with Crippen molar-refractivity contribution >= 4 is 6.08 Å². The predicted octanol–water partition coefficient (Wildman–Crippen LogP) is 6.16. The molecule has 0 aliphatic rings. The second kappa shape index (κ2) is 8.31. The van der Waals surface area contributed by atoms with Crippen LogP contribution in [0.4, 0.5) is 0 Å². The first-order valence-electron chi connectivity index (χ1n) is 9.20. The molecule has 0 saturated carbocycles. The highest BCUT2D eigenvalue weighted by molar-refractivity contribution is 5.65. The topological polar surface area (TPSA) is 35.0 Å². The van der Waals surface area contributed by atoms with Gasteiger partial charge in [0.1, 0.15) is 12.3 Å². The highest BCUT2D eigenvalue weighted by atomic mass is 16.5. The molecule has 1 atom stereocenters. The average Bonchev–Trinajstić information content (AvgIpc) is 2.64. The van der Waals surface area contributed by atoms with Gasteiger partial charge >= 0.3 is 0 Å². The minimum absolute atomic E-state index is 0.173. The van der Waals surface area contributed by atoms with Gasteiger partial charge in [-0.2, -0.15) is 0 Å². The molecule has 1 aromatic heterocycles. The SMILES string of the molecule is C=CCOc1nc(C(C)CC)c(-c2ccc(C=C)cc2)nc1C(C)(C)C. The van der Waals surface area contributed by atoms with Crippen LogP contribution in [-0.2, 0) is 5.41 Å². The summed E-state index contributed by atoms with van der Waals surface area (Å²) in [5.41, 5.74) is 4.77. The summed E-state index contributed by atoms with van der Waals surface area (Å²) in [5.74, 6) is 0.899. The van der Waals surface area contributed by atoms with Gasteiger partial charge in [0.25, 0.3) is 0 Å². The monoisotopic (exact) mass is 350 g/mol. The van der Waals surface area contributed by atoms with Gasteiger partial charge in [-0.3, -0.25) is 0 Å². The Morgan fingerprint density at radius 1 is 1.12 bits per heavy atom. The van der Waals surface area contributed by atoms with Crippen molar-refractivity contribution in [2.24, 2.45) is 0 Å². The van der Waals surface area contributed by atoms with Gasteiger partial charge in [-0.25, -0.2) is 9.97 Å². The Morgan fingerprint density at radius 2 is 1.77 bits per heavy atom. The fourth-order valence-electron chi connectivity index (χ4n) is 2.69. The smallest absolute Gasteiger partial charge is 0.236 e. The lowest BCUT2D eigenvalue weighted by atomic mass is 9.90. The predicted molar refractivity (Wildman–Crippen MR) is 111 cm³/mol. The number of rotatable bonds is 7. The maximum atomic E-state index is 5.87. The highest BCUT2D eigenvalue weighted by Crippen LogP contribution is 2.35. The zero-order valence-corrected chi connectivity index (χ0v) is 16.7. The van der Waals surface area contributed by atoms with Crippen LogP contribution in [0.2, 0.25) is 0 Å². The lowest BCUT2D eigenvalue weighted by Crippen LogP contribution is -2.19. The van der Waals surface area contributed by atoms with Gasteiger partial charge in [-0.15, -0.1) is 0 Å². The number of aromatic nitrogens is 2. The second-order valence-electron chi connectivity index (χ2n) is 7.60. The van der Waals surface area contributed by atoms with Crippen LogP contribution in [0.5, 0.6) is 5.88 Å². The summed E-state index contributed by atoms with van der Waals surface area (Å²) in [6.45, 7) is 18.7. The van der Waals surface area contributed by atoms with Crippen molar-refractivity contribution < 1.29 is 4.74 Å². The number of hydrogen-bond acceptors (Lipinski definition) is 3. The van der Waals surface area contributed by atoms with Gasteiger partial charge in [-0.1, -0.05) is 84.2 Å². The fraction of sp³-hybridized carbons (Fsp3) is 0.391. The van der Waals surface area contributed by atoms with Crippen LogP contribution in [0.1, 0.15) is 63.9 Å². The Labute approximate surface area is 157 Å². The minimum atomic E-state index is -0.173. The van der Waals surface area contributed by atoms with Crippen LogP contribution in [0.3, 0.4) is 0 Å². The first-order chi connectivity index (χ1) is 12.3. The molecule has 0 radical (unpaired) electrons. The van der Waals surface area contributed by atoms with Crippen molar-refractivity contribution in [3.63, 3.8) is 0 Å². The number of benzene rings is 1. The highest BCUT2D eigenvalue weighted by Gasteiger charge is 2.26. The largest absolute Gasteiger partial charge is 0.472 e. The summed E-state index contributed by atoms with van der Waals surface area (Å²) in [7, 11) is 0. The third-order valence-corrected chi connectivity index (χ3v) is 4.44. The normalized spacial score (nSPS) is 12.5. The van der Waals surface area contributed by atoms with Gasteiger partial charge in [0.05, 0.1) is 11.4 Å². The molecule has 0 N–H and O–H groups in total. The van der Waals surface area contributed by atoms with Crippen LogP contribution in [0.25, 0.3) is 17.3 Å². The number of hydrogen-bond donors (Lipinski definition) is 0. The molecule has 3 heteroatoms. The molecule has 1 unspecified atom stereocenters. The van der Waals surface area contributed by atoms with E-state index in [-0.39, 0.29) is 11.3 Å². The third kappa shape index (κ3) is 4.40. The maximum absolute atomic E-state index is 5.87. The Balaban J connectivity index is 2.70. The quantitative estimate of drug-likeness (QED) is 0.561. The maximum Gasteiger partial charge on any atom is 0.236 e. The molecular formula is C23H30N2O.